The molecule has 1 fully saturated rings. The van der Waals surface area contributed by atoms with Gasteiger partial charge in [0.15, 0.2) is 17.4 Å². The van der Waals surface area contributed by atoms with Crippen LogP contribution in [0.25, 0.3) is 0 Å². The summed E-state index contributed by atoms with van der Waals surface area (Å²) in [6.45, 7) is 0.926. The van der Waals surface area contributed by atoms with Gasteiger partial charge in [0.25, 0.3) is 0 Å². The van der Waals surface area contributed by atoms with Crippen LogP contribution in [0, 0.1) is 11.6 Å². The van der Waals surface area contributed by atoms with Crippen molar-refractivity contribution in [2.75, 3.05) is 19.7 Å². The lowest BCUT2D eigenvalue weighted by atomic mass is 9.91. The number of Topliss-reactive ketones (excluding diaryl/α,β-unsaturated/α-hetero) is 1. The second kappa shape index (κ2) is 6.90. The normalized spacial score (nSPS) is 15.4. The van der Waals surface area contributed by atoms with Crippen LogP contribution in [0.1, 0.15) is 36.0 Å². The van der Waals surface area contributed by atoms with E-state index in [1.807, 2.05) is 4.90 Å². The van der Waals surface area contributed by atoms with Crippen molar-refractivity contribution >= 4 is 5.78 Å². The Kier molecular flexibility index (Phi) is 5.20. The maximum absolute atomic E-state index is 13.1. The van der Waals surface area contributed by atoms with E-state index in [0.717, 1.165) is 31.4 Å². The molecular weight excluding hydrogens is 264 g/mol. The predicted molar refractivity (Wildman–Crippen MR) is 71.6 cm³/mol. The molecule has 1 aromatic carbocycles. The molecule has 0 heterocycles. The van der Waals surface area contributed by atoms with Crippen molar-refractivity contribution in [3.8, 4) is 0 Å². The third-order valence-corrected chi connectivity index (χ3v) is 3.78. The molecule has 1 aliphatic rings. The van der Waals surface area contributed by atoms with Gasteiger partial charge in [-0.05, 0) is 37.5 Å². The van der Waals surface area contributed by atoms with Crippen LogP contribution in [0.3, 0.4) is 0 Å². The summed E-state index contributed by atoms with van der Waals surface area (Å²) >= 11 is 0. The van der Waals surface area contributed by atoms with E-state index < -0.39 is 11.6 Å². The summed E-state index contributed by atoms with van der Waals surface area (Å²) in [5.74, 6) is -2.16. The maximum atomic E-state index is 13.1. The molecule has 5 heteroatoms. The molecule has 1 aromatic rings. The zero-order valence-electron chi connectivity index (χ0n) is 11.3. The number of carbonyl (C=O) groups excluding carboxylic acids is 1. The first kappa shape index (κ1) is 15.1. The highest BCUT2D eigenvalue weighted by molar-refractivity contribution is 5.97. The molecular formula is C15H19F2NO2. The van der Waals surface area contributed by atoms with Crippen LogP contribution in [0.2, 0.25) is 0 Å². The number of hydrogen-bond acceptors (Lipinski definition) is 3. The monoisotopic (exact) mass is 283 g/mol. The fraction of sp³-hybridized carbons (Fsp3) is 0.533. The minimum absolute atomic E-state index is 0.0859. The number of halogens is 2. The van der Waals surface area contributed by atoms with Gasteiger partial charge in [0.1, 0.15) is 0 Å². The molecule has 3 nitrogen and oxygen atoms in total. The van der Waals surface area contributed by atoms with Gasteiger partial charge in [-0.15, -0.1) is 0 Å². The Hall–Kier alpha value is -1.33. The molecule has 0 aliphatic heterocycles. The summed E-state index contributed by atoms with van der Waals surface area (Å²) in [4.78, 5) is 14.2. The van der Waals surface area contributed by atoms with Crippen molar-refractivity contribution in [3.05, 3.63) is 35.4 Å². The molecule has 0 bridgehead atoms. The molecule has 0 radical (unpaired) electrons. The maximum Gasteiger partial charge on any atom is 0.176 e. The number of nitrogens with zero attached hydrogens (tertiary/aromatic N) is 1. The van der Waals surface area contributed by atoms with Gasteiger partial charge in [-0.1, -0.05) is 6.42 Å². The van der Waals surface area contributed by atoms with E-state index in [2.05, 4.69) is 0 Å². The molecule has 0 saturated heterocycles. The second-order valence-electron chi connectivity index (χ2n) is 5.18. The van der Waals surface area contributed by atoms with Gasteiger partial charge in [-0.3, -0.25) is 9.69 Å². The van der Waals surface area contributed by atoms with Gasteiger partial charge in [-0.2, -0.15) is 0 Å². The van der Waals surface area contributed by atoms with E-state index in [1.165, 1.54) is 6.07 Å². The first-order valence-electron chi connectivity index (χ1n) is 6.95. The first-order valence-corrected chi connectivity index (χ1v) is 6.95. The van der Waals surface area contributed by atoms with Crippen molar-refractivity contribution < 1.29 is 18.7 Å². The number of aliphatic hydroxyl groups is 1. The third-order valence-electron chi connectivity index (χ3n) is 3.78. The molecule has 2 rings (SSSR count). The van der Waals surface area contributed by atoms with E-state index in [4.69, 9.17) is 5.11 Å². The van der Waals surface area contributed by atoms with Crippen molar-refractivity contribution in [1.82, 2.24) is 4.90 Å². The number of hydrogen-bond donors (Lipinski definition) is 1. The lowest BCUT2D eigenvalue weighted by Gasteiger charge is -2.37. The van der Waals surface area contributed by atoms with Gasteiger partial charge >= 0.3 is 0 Å². The quantitative estimate of drug-likeness (QED) is 0.781. The van der Waals surface area contributed by atoms with Crippen LogP contribution in [0.4, 0.5) is 8.78 Å². The zero-order chi connectivity index (χ0) is 14.5. The lowest BCUT2D eigenvalue weighted by molar-refractivity contribution is 0.0787. The Bertz CT molecular complexity index is 475. The van der Waals surface area contributed by atoms with Crippen LogP contribution in [0.5, 0.6) is 0 Å². The molecule has 0 unspecified atom stereocenters. The highest BCUT2D eigenvalue weighted by Crippen LogP contribution is 2.25. The predicted octanol–water partition coefficient (Wildman–Crippen LogP) is 2.38. The van der Waals surface area contributed by atoms with E-state index in [9.17, 15) is 13.6 Å². The Morgan fingerprint density at radius 1 is 1.30 bits per heavy atom. The van der Waals surface area contributed by atoms with Crippen molar-refractivity contribution in [1.29, 1.82) is 0 Å². The largest absolute Gasteiger partial charge is 0.396 e. The number of rotatable bonds is 7. The molecule has 0 atom stereocenters. The summed E-state index contributed by atoms with van der Waals surface area (Å²) in [5.41, 5.74) is 0.192. The van der Waals surface area contributed by atoms with Crippen LogP contribution in [0.15, 0.2) is 18.2 Å². The average molecular weight is 283 g/mol. The number of carbonyl (C=O) groups is 1. The second-order valence-corrected chi connectivity index (χ2v) is 5.18. The fourth-order valence-electron chi connectivity index (χ4n) is 2.36. The van der Waals surface area contributed by atoms with Crippen molar-refractivity contribution in [2.24, 2.45) is 0 Å². The minimum Gasteiger partial charge on any atom is -0.396 e. The van der Waals surface area contributed by atoms with E-state index in [-0.39, 0.29) is 24.5 Å². The summed E-state index contributed by atoms with van der Waals surface area (Å²) < 4.78 is 26.0. The standard InChI is InChI=1S/C15H19F2NO2/c16-13-6-5-11(9-14(13)17)15(20)10-18(7-2-8-19)12-3-1-4-12/h5-6,9,12,19H,1-4,7-8,10H2. The van der Waals surface area contributed by atoms with Crippen LogP contribution in [-0.2, 0) is 0 Å². The number of ketones is 1. The summed E-state index contributed by atoms with van der Waals surface area (Å²) in [6, 6.07) is 3.61. The third kappa shape index (κ3) is 3.61. The first-order chi connectivity index (χ1) is 9.61. The molecule has 0 spiro atoms. The van der Waals surface area contributed by atoms with Crippen LogP contribution in [-0.4, -0.2) is 41.5 Å². The number of aliphatic hydroxyl groups excluding tert-OH is 1. The van der Waals surface area contributed by atoms with E-state index >= 15 is 0 Å². The lowest BCUT2D eigenvalue weighted by Crippen LogP contribution is -2.43. The summed E-state index contributed by atoms with van der Waals surface area (Å²) in [5, 5.41) is 8.90. The Morgan fingerprint density at radius 2 is 2.05 bits per heavy atom. The molecule has 20 heavy (non-hydrogen) atoms. The van der Waals surface area contributed by atoms with E-state index in [0.29, 0.717) is 19.0 Å². The molecule has 1 saturated carbocycles. The highest BCUT2D eigenvalue weighted by Gasteiger charge is 2.26. The van der Waals surface area contributed by atoms with Crippen molar-refractivity contribution in [2.45, 2.75) is 31.7 Å². The smallest absolute Gasteiger partial charge is 0.176 e. The molecule has 1 N–H and O–H groups in total. The van der Waals surface area contributed by atoms with Crippen LogP contribution < -0.4 is 0 Å². The fourth-order valence-corrected chi connectivity index (χ4v) is 2.36. The summed E-state index contributed by atoms with van der Waals surface area (Å²) in [6.07, 6.45) is 3.87. The Balaban J connectivity index is 2.00. The molecule has 1 aliphatic carbocycles. The van der Waals surface area contributed by atoms with Gasteiger partial charge in [0.2, 0.25) is 0 Å². The topological polar surface area (TPSA) is 40.5 Å². The SMILES string of the molecule is O=C(CN(CCCO)C1CCC1)c1ccc(F)c(F)c1. The Morgan fingerprint density at radius 3 is 2.60 bits per heavy atom. The zero-order valence-corrected chi connectivity index (χ0v) is 11.3. The van der Waals surface area contributed by atoms with Gasteiger partial charge in [-0.25, -0.2) is 8.78 Å². The van der Waals surface area contributed by atoms with Gasteiger partial charge in [0.05, 0.1) is 6.54 Å². The van der Waals surface area contributed by atoms with E-state index in [1.54, 1.807) is 0 Å². The van der Waals surface area contributed by atoms with Gasteiger partial charge < -0.3 is 5.11 Å². The Labute approximate surface area is 117 Å². The van der Waals surface area contributed by atoms with Gasteiger partial charge in [0, 0.05) is 24.8 Å². The molecule has 0 amide bonds. The molecule has 110 valence electrons. The minimum atomic E-state index is -0.999. The highest BCUT2D eigenvalue weighted by atomic mass is 19.2. The van der Waals surface area contributed by atoms with Crippen LogP contribution >= 0.6 is 0 Å². The van der Waals surface area contributed by atoms with Crippen molar-refractivity contribution in [3.63, 3.8) is 0 Å². The number of benzene rings is 1. The molecule has 0 aromatic heterocycles. The average Bonchev–Trinajstić information content (AvgIpc) is 2.37. The summed E-state index contributed by atoms with van der Waals surface area (Å²) in [7, 11) is 0.